The lowest BCUT2D eigenvalue weighted by Crippen LogP contribution is -2.49. The molecule has 4 aliphatic heterocycles. The lowest BCUT2D eigenvalue weighted by atomic mass is 9.76. The quantitative estimate of drug-likeness (QED) is 0.566. The molecule has 3 saturated heterocycles. The fourth-order valence-electron chi connectivity index (χ4n) is 4.20. The number of para-hydroxylation sites is 1. The number of ether oxygens (including phenoxy) is 3. The molecule has 24 heavy (non-hydrogen) atoms. The molecule has 0 aromatic heterocycles. The Labute approximate surface area is 146 Å². The first-order valence-electron chi connectivity index (χ1n) is 7.86. The number of carbonyl (C=O) groups is 2. The number of hydrogen-bond acceptors (Lipinski definition) is 5. The summed E-state index contributed by atoms with van der Waals surface area (Å²) in [5.41, 5.74) is -0.445. The fourth-order valence-corrected chi connectivity index (χ4v) is 4.66. The second kappa shape index (κ2) is 4.98. The SMILES string of the molecule is O=C1[C@@H]2[C@@H](C(=O)N1c1ccccc1Br)[C@@]1(C3OCCO3)C=C[C@H]2O1. The number of nitrogens with zero attached hydrogens (tertiary/aromatic N) is 1. The van der Waals surface area contributed by atoms with Crippen molar-refractivity contribution in [1.29, 1.82) is 0 Å². The lowest BCUT2D eigenvalue weighted by molar-refractivity contribution is -0.180. The van der Waals surface area contributed by atoms with Crippen molar-refractivity contribution in [2.75, 3.05) is 18.1 Å². The molecule has 0 N–H and O–H groups in total. The molecule has 1 aromatic carbocycles. The second-order valence-corrected chi connectivity index (χ2v) is 7.19. The number of imide groups is 1. The molecule has 124 valence electrons. The van der Waals surface area contributed by atoms with Gasteiger partial charge in [0.15, 0.2) is 11.9 Å². The average molecular weight is 392 g/mol. The summed E-state index contributed by atoms with van der Waals surface area (Å²) in [5, 5.41) is 0. The van der Waals surface area contributed by atoms with Gasteiger partial charge in [-0.05, 0) is 34.1 Å². The Bertz CT molecular complexity index is 774. The van der Waals surface area contributed by atoms with E-state index in [4.69, 9.17) is 14.2 Å². The number of benzene rings is 1. The Balaban J connectivity index is 1.59. The van der Waals surface area contributed by atoms with Crippen molar-refractivity contribution < 1.29 is 23.8 Å². The molecular weight excluding hydrogens is 378 g/mol. The van der Waals surface area contributed by atoms with Gasteiger partial charge in [0.1, 0.15) is 0 Å². The summed E-state index contributed by atoms with van der Waals surface area (Å²) in [7, 11) is 0. The van der Waals surface area contributed by atoms with Crippen LogP contribution in [0.2, 0.25) is 0 Å². The van der Waals surface area contributed by atoms with Crippen LogP contribution in [0.1, 0.15) is 0 Å². The van der Waals surface area contributed by atoms with Crippen molar-refractivity contribution in [3.8, 4) is 0 Å². The van der Waals surface area contributed by atoms with E-state index in [1.165, 1.54) is 4.90 Å². The van der Waals surface area contributed by atoms with Gasteiger partial charge < -0.3 is 14.2 Å². The molecule has 0 spiro atoms. The van der Waals surface area contributed by atoms with Gasteiger partial charge in [-0.3, -0.25) is 9.59 Å². The van der Waals surface area contributed by atoms with Crippen LogP contribution in [0.15, 0.2) is 40.9 Å². The van der Waals surface area contributed by atoms with Crippen LogP contribution < -0.4 is 4.90 Å². The van der Waals surface area contributed by atoms with Gasteiger partial charge in [0.25, 0.3) is 0 Å². The summed E-state index contributed by atoms with van der Waals surface area (Å²) in [6.07, 6.45) is 2.63. The minimum atomic E-state index is -1.01. The van der Waals surface area contributed by atoms with Crippen LogP contribution in [0.5, 0.6) is 0 Å². The van der Waals surface area contributed by atoms with E-state index < -0.39 is 29.8 Å². The molecular formula is C17H14BrNO5. The molecule has 4 aliphatic rings. The summed E-state index contributed by atoms with van der Waals surface area (Å²) < 4.78 is 18.0. The molecule has 2 bridgehead atoms. The predicted octanol–water partition coefficient (Wildman–Crippen LogP) is 1.64. The molecule has 0 radical (unpaired) electrons. The monoisotopic (exact) mass is 391 g/mol. The highest BCUT2D eigenvalue weighted by Crippen LogP contribution is 2.55. The highest BCUT2D eigenvalue weighted by molar-refractivity contribution is 9.10. The smallest absolute Gasteiger partial charge is 0.241 e. The van der Waals surface area contributed by atoms with E-state index in [9.17, 15) is 9.59 Å². The highest BCUT2D eigenvalue weighted by Gasteiger charge is 2.71. The molecule has 1 aromatic rings. The molecule has 6 nitrogen and oxygen atoms in total. The summed E-state index contributed by atoms with van der Waals surface area (Å²) in [4.78, 5) is 27.4. The Kier molecular flexibility index (Phi) is 3.07. The third-order valence-electron chi connectivity index (χ3n) is 5.16. The zero-order valence-electron chi connectivity index (χ0n) is 12.6. The van der Waals surface area contributed by atoms with Crippen molar-refractivity contribution in [2.24, 2.45) is 11.8 Å². The second-order valence-electron chi connectivity index (χ2n) is 6.34. The molecule has 5 rings (SSSR count). The number of halogens is 1. The normalized spacial score (nSPS) is 37.7. The average Bonchev–Trinajstić information content (AvgIpc) is 3.33. The van der Waals surface area contributed by atoms with E-state index in [-0.39, 0.29) is 11.8 Å². The number of anilines is 1. The maximum absolute atomic E-state index is 13.2. The topological polar surface area (TPSA) is 65.1 Å². The van der Waals surface area contributed by atoms with Crippen molar-refractivity contribution in [3.63, 3.8) is 0 Å². The van der Waals surface area contributed by atoms with Crippen molar-refractivity contribution >= 4 is 33.4 Å². The number of carbonyl (C=O) groups excluding carboxylic acids is 2. The standard InChI is InChI=1S/C17H14BrNO5/c18-9-3-1-2-4-10(9)19-14(20)12-11-5-6-17(24-11,13(12)15(19)21)16-22-7-8-23-16/h1-6,11-13,16H,7-8H2/t11-,12+,13+,17-/m1/s1. The van der Waals surface area contributed by atoms with Crippen LogP contribution in [0.25, 0.3) is 0 Å². The van der Waals surface area contributed by atoms with E-state index in [1.54, 1.807) is 12.1 Å². The van der Waals surface area contributed by atoms with E-state index in [0.29, 0.717) is 23.4 Å². The van der Waals surface area contributed by atoms with Gasteiger partial charge in [-0.2, -0.15) is 0 Å². The zero-order chi connectivity index (χ0) is 16.5. The summed E-state index contributed by atoms with van der Waals surface area (Å²) in [5.74, 6) is -1.63. The first kappa shape index (κ1) is 14.8. The molecule has 4 atom stereocenters. The van der Waals surface area contributed by atoms with Gasteiger partial charge in [0.05, 0.1) is 36.8 Å². The number of fused-ring (bicyclic) bond motifs is 5. The van der Waals surface area contributed by atoms with Crippen molar-refractivity contribution in [2.45, 2.75) is 18.0 Å². The summed E-state index contributed by atoms with van der Waals surface area (Å²) in [6, 6.07) is 7.21. The lowest BCUT2D eigenvalue weighted by Gasteiger charge is -2.32. The minimum absolute atomic E-state index is 0.230. The fraction of sp³-hybridized carbons (Fsp3) is 0.412. The Hall–Kier alpha value is -1.54. The van der Waals surface area contributed by atoms with Crippen molar-refractivity contribution in [3.05, 3.63) is 40.9 Å². The Morgan fingerprint density at radius 2 is 1.88 bits per heavy atom. The third kappa shape index (κ3) is 1.70. The van der Waals surface area contributed by atoms with E-state index in [1.807, 2.05) is 24.3 Å². The number of amides is 2. The number of rotatable bonds is 2. The third-order valence-corrected chi connectivity index (χ3v) is 5.83. The van der Waals surface area contributed by atoms with Gasteiger partial charge in [-0.1, -0.05) is 18.2 Å². The molecule has 0 saturated carbocycles. The maximum Gasteiger partial charge on any atom is 0.241 e. The first-order valence-corrected chi connectivity index (χ1v) is 8.65. The van der Waals surface area contributed by atoms with Crippen LogP contribution in [0.3, 0.4) is 0 Å². The van der Waals surface area contributed by atoms with Gasteiger partial charge in [-0.25, -0.2) is 4.90 Å². The highest BCUT2D eigenvalue weighted by atomic mass is 79.9. The van der Waals surface area contributed by atoms with E-state index >= 15 is 0 Å². The summed E-state index contributed by atoms with van der Waals surface area (Å²) >= 11 is 3.42. The van der Waals surface area contributed by atoms with Crippen LogP contribution in [-0.2, 0) is 23.8 Å². The molecule has 7 heteroatoms. The summed E-state index contributed by atoms with van der Waals surface area (Å²) in [6.45, 7) is 0.920. The predicted molar refractivity (Wildman–Crippen MR) is 86.1 cm³/mol. The van der Waals surface area contributed by atoms with Crippen molar-refractivity contribution in [1.82, 2.24) is 0 Å². The van der Waals surface area contributed by atoms with Gasteiger partial charge in [-0.15, -0.1) is 0 Å². The van der Waals surface area contributed by atoms with Crippen LogP contribution in [0, 0.1) is 11.8 Å². The molecule has 3 fully saturated rings. The minimum Gasteiger partial charge on any atom is -0.357 e. The first-order chi connectivity index (χ1) is 11.6. The molecule has 0 aliphatic carbocycles. The Morgan fingerprint density at radius 3 is 2.62 bits per heavy atom. The van der Waals surface area contributed by atoms with Crippen LogP contribution >= 0.6 is 15.9 Å². The van der Waals surface area contributed by atoms with E-state index in [2.05, 4.69) is 15.9 Å². The van der Waals surface area contributed by atoms with Gasteiger partial charge >= 0.3 is 0 Å². The number of hydrogen-bond donors (Lipinski definition) is 0. The zero-order valence-corrected chi connectivity index (χ0v) is 14.1. The van der Waals surface area contributed by atoms with E-state index in [0.717, 1.165) is 0 Å². The Morgan fingerprint density at radius 1 is 1.12 bits per heavy atom. The maximum atomic E-state index is 13.2. The van der Waals surface area contributed by atoms with Gasteiger partial charge in [0, 0.05) is 4.47 Å². The molecule has 4 heterocycles. The molecule has 2 amide bonds. The van der Waals surface area contributed by atoms with Crippen LogP contribution in [-0.4, -0.2) is 43.0 Å². The van der Waals surface area contributed by atoms with Crippen LogP contribution in [0.4, 0.5) is 5.69 Å². The van der Waals surface area contributed by atoms with Gasteiger partial charge in [0.2, 0.25) is 11.8 Å². The largest absolute Gasteiger partial charge is 0.357 e. The molecule has 0 unspecified atom stereocenters.